The van der Waals surface area contributed by atoms with Gasteiger partial charge in [-0.1, -0.05) is 21.1 Å². The average Bonchev–Trinajstić information content (AvgIpc) is 2.61. The van der Waals surface area contributed by atoms with Crippen molar-refractivity contribution >= 4 is 27.7 Å². The second kappa shape index (κ2) is 3.93. The summed E-state index contributed by atoms with van der Waals surface area (Å²) in [6.07, 6.45) is 0. The molecule has 1 amide bonds. The van der Waals surface area contributed by atoms with Gasteiger partial charge in [-0.2, -0.15) is 4.68 Å². The minimum Gasteiger partial charge on any atom is -0.382 e. The Kier molecular flexibility index (Phi) is 2.61. The van der Waals surface area contributed by atoms with Gasteiger partial charge in [-0.3, -0.25) is 4.79 Å². The summed E-state index contributed by atoms with van der Waals surface area (Å²) in [5.41, 5.74) is 11.5. The summed E-state index contributed by atoms with van der Waals surface area (Å²) in [7, 11) is 0. The van der Waals surface area contributed by atoms with Gasteiger partial charge in [0.1, 0.15) is 0 Å². The number of nitrogens with zero attached hydrogens (tertiary/aromatic N) is 3. The van der Waals surface area contributed by atoms with Crippen LogP contribution in [0.25, 0.3) is 5.69 Å². The van der Waals surface area contributed by atoms with Crippen LogP contribution in [-0.2, 0) is 0 Å². The van der Waals surface area contributed by atoms with Crippen LogP contribution in [0.3, 0.4) is 0 Å². The highest BCUT2D eigenvalue weighted by molar-refractivity contribution is 9.10. The first-order valence-corrected chi connectivity index (χ1v) is 5.16. The summed E-state index contributed by atoms with van der Waals surface area (Å²) < 4.78 is 2.29. The number of anilines is 1. The Balaban J connectivity index is 2.49. The molecule has 0 bridgehead atoms. The lowest BCUT2D eigenvalue weighted by Gasteiger charge is -2.02. The van der Waals surface area contributed by atoms with Crippen LogP contribution in [0.15, 0.2) is 28.7 Å². The topological polar surface area (TPSA) is 99.8 Å². The lowest BCUT2D eigenvalue weighted by molar-refractivity contribution is 0.0996. The molecular formula is C9H8BrN5O. The standard InChI is InChI=1S/C9H8BrN5O/c10-5-1-3-6(4-2-5)15-8(11)7(9(12)16)13-14-15/h1-4H,11H2,(H2,12,16). The van der Waals surface area contributed by atoms with Crippen molar-refractivity contribution in [2.75, 3.05) is 5.73 Å². The zero-order chi connectivity index (χ0) is 11.7. The maximum atomic E-state index is 10.9. The predicted molar refractivity (Wildman–Crippen MR) is 62.0 cm³/mol. The van der Waals surface area contributed by atoms with Gasteiger partial charge in [0.15, 0.2) is 11.5 Å². The van der Waals surface area contributed by atoms with Gasteiger partial charge in [0.25, 0.3) is 5.91 Å². The Bertz CT molecular complexity index is 533. The monoisotopic (exact) mass is 281 g/mol. The molecule has 0 aliphatic heterocycles. The molecule has 6 nitrogen and oxygen atoms in total. The van der Waals surface area contributed by atoms with Crippen LogP contribution in [-0.4, -0.2) is 20.9 Å². The maximum Gasteiger partial charge on any atom is 0.273 e. The molecule has 2 rings (SSSR count). The molecule has 4 N–H and O–H groups in total. The van der Waals surface area contributed by atoms with Gasteiger partial charge >= 0.3 is 0 Å². The third-order valence-electron chi connectivity index (χ3n) is 2.01. The summed E-state index contributed by atoms with van der Waals surface area (Å²) >= 11 is 3.31. The highest BCUT2D eigenvalue weighted by atomic mass is 79.9. The number of hydrogen-bond acceptors (Lipinski definition) is 4. The van der Waals surface area contributed by atoms with Crippen molar-refractivity contribution in [3.05, 3.63) is 34.4 Å². The first-order valence-electron chi connectivity index (χ1n) is 4.36. The van der Waals surface area contributed by atoms with Crippen LogP contribution in [0.1, 0.15) is 10.5 Å². The number of nitrogens with two attached hydrogens (primary N) is 2. The van der Waals surface area contributed by atoms with Gasteiger partial charge in [0.2, 0.25) is 0 Å². The van der Waals surface area contributed by atoms with Crippen LogP contribution in [0.5, 0.6) is 0 Å². The number of hydrogen-bond donors (Lipinski definition) is 2. The van der Waals surface area contributed by atoms with Crippen LogP contribution < -0.4 is 11.5 Å². The van der Waals surface area contributed by atoms with Crippen LogP contribution in [0.2, 0.25) is 0 Å². The van der Waals surface area contributed by atoms with E-state index in [1.807, 2.05) is 12.1 Å². The molecule has 0 fully saturated rings. The average molecular weight is 282 g/mol. The van der Waals surface area contributed by atoms with Gasteiger partial charge in [-0.25, -0.2) is 0 Å². The number of primary amides is 1. The van der Waals surface area contributed by atoms with E-state index in [1.54, 1.807) is 12.1 Å². The molecule has 0 saturated carbocycles. The second-order valence-corrected chi connectivity index (χ2v) is 3.99. The van der Waals surface area contributed by atoms with E-state index >= 15 is 0 Å². The van der Waals surface area contributed by atoms with Crippen LogP contribution in [0, 0.1) is 0 Å². The SMILES string of the molecule is NC(=O)c1nnn(-c2ccc(Br)cc2)c1N. The minimum atomic E-state index is -0.694. The van der Waals surface area contributed by atoms with E-state index in [0.29, 0.717) is 5.69 Å². The number of carbonyl (C=O) groups is 1. The molecule has 16 heavy (non-hydrogen) atoms. The number of amides is 1. The number of nitrogen functional groups attached to an aromatic ring is 1. The summed E-state index contributed by atoms with van der Waals surface area (Å²) in [4.78, 5) is 10.9. The minimum absolute atomic E-state index is 0.0251. The Morgan fingerprint density at radius 1 is 1.31 bits per heavy atom. The number of halogens is 1. The molecule has 7 heteroatoms. The third kappa shape index (κ3) is 1.76. The fourth-order valence-corrected chi connectivity index (χ4v) is 1.50. The van der Waals surface area contributed by atoms with Crippen molar-refractivity contribution in [1.29, 1.82) is 0 Å². The van der Waals surface area contributed by atoms with Gasteiger partial charge in [-0.05, 0) is 24.3 Å². The molecule has 0 spiro atoms. The highest BCUT2D eigenvalue weighted by Crippen LogP contribution is 2.17. The molecule has 0 atom stereocenters. The summed E-state index contributed by atoms with van der Waals surface area (Å²) in [6.45, 7) is 0. The molecular weight excluding hydrogens is 274 g/mol. The van der Waals surface area contributed by atoms with E-state index < -0.39 is 5.91 Å². The maximum absolute atomic E-state index is 10.9. The summed E-state index contributed by atoms with van der Waals surface area (Å²) in [6, 6.07) is 7.25. The fraction of sp³-hybridized carbons (Fsp3) is 0. The molecule has 1 heterocycles. The summed E-state index contributed by atoms with van der Waals surface area (Å²) in [5.74, 6) is -0.560. The number of carbonyl (C=O) groups excluding carboxylic acids is 1. The van der Waals surface area contributed by atoms with Crippen molar-refractivity contribution in [2.45, 2.75) is 0 Å². The Hall–Kier alpha value is -1.89. The van der Waals surface area contributed by atoms with Crippen molar-refractivity contribution in [3.8, 4) is 5.69 Å². The molecule has 82 valence electrons. The molecule has 0 aliphatic carbocycles. The Labute approximate surface area is 99.4 Å². The smallest absolute Gasteiger partial charge is 0.273 e. The highest BCUT2D eigenvalue weighted by Gasteiger charge is 2.15. The molecule has 0 saturated heterocycles. The largest absolute Gasteiger partial charge is 0.382 e. The van der Waals surface area contributed by atoms with E-state index in [1.165, 1.54) is 4.68 Å². The zero-order valence-electron chi connectivity index (χ0n) is 8.09. The molecule has 1 aromatic heterocycles. The van der Waals surface area contributed by atoms with Gasteiger partial charge < -0.3 is 11.5 Å². The third-order valence-corrected chi connectivity index (χ3v) is 2.54. The first-order chi connectivity index (χ1) is 7.59. The number of aromatic nitrogens is 3. The van der Waals surface area contributed by atoms with Crippen molar-refractivity contribution in [3.63, 3.8) is 0 Å². The van der Waals surface area contributed by atoms with Crippen LogP contribution >= 0.6 is 15.9 Å². The number of benzene rings is 1. The van der Waals surface area contributed by atoms with Crippen molar-refractivity contribution in [1.82, 2.24) is 15.0 Å². The quantitative estimate of drug-likeness (QED) is 0.847. The van der Waals surface area contributed by atoms with E-state index in [2.05, 4.69) is 26.2 Å². The van der Waals surface area contributed by atoms with E-state index in [9.17, 15) is 4.79 Å². The van der Waals surface area contributed by atoms with Gasteiger partial charge in [-0.15, -0.1) is 5.10 Å². The van der Waals surface area contributed by atoms with E-state index in [0.717, 1.165) is 4.47 Å². The molecule has 0 radical (unpaired) electrons. The normalized spacial score (nSPS) is 10.3. The predicted octanol–water partition coefficient (Wildman–Crippen LogP) is 0.711. The number of rotatable bonds is 2. The van der Waals surface area contributed by atoms with Gasteiger partial charge in [0.05, 0.1) is 5.69 Å². The lowest BCUT2D eigenvalue weighted by atomic mass is 10.3. The van der Waals surface area contributed by atoms with E-state index in [-0.39, 0.29) is 11.5 Å². The lowest BCUT2D eigenvalue weighted by Crippen LogP contribution is -2.14. The fourth-order valence-electron chi connectivity index (χ4n) is 1.24. The first kappa shape index (κ1) is 10.6. The van der Waals surface area contributed by atoms with Gasteiger partial charge in [0, 0.05) is 4.47 Å². The van der Waals surface area contributed by atoms with Crippen molar-refractivity contribution in [2.24, 2.45) is 5.73 Å². The Morgan fingerprint density at radius 3 is 2.44 bits per heavy atom. The summed E-state index contributed by atoms with van der Waals surface area (Å²) in [5, 5.41) is 7.38. The molecule has 0 aliphatic rings. The zero-order valence-corrected chi connectivity index (χ0v) is 9.68. The molecule has 2 aromatic rings. The van der Waals surface area contributed by atoms with Crippen molar-refractivity contribution < 1.29 is 4.79 Å². The molecule has 1 aromatic carbocycles. The van der Waals surface area contributed by atoms with E-state index in [4.69, 9.17) is 11.5 Å². The van der Waals surface area contributed by atoms with Crippen LogP contribution in [0.4, 0.5) is 5.82 Å². The molecule has 0 unspecified atom stereocenters. The Morgan fingerprint density at radius 2 is 1.94 bits per heavy atom. The second-order valence-electron chi connectivity index (χ2n) is 3.08.